The summed E-state index contributed by atoms with van der Waals surface area (Å²) in [4.78, 5) is 12.8. The molecule has 0 fully saturated rings. The van der Waals surface area contributed by atoms with Crippen LogP contribution in [0.3, 0.4) is 0 Å². The molecule has 2 N–H and O–H groups in total. The van der Waals surface area contributed by atoms with Gasteiger partial charge in [-0.2, -0.15) is 0 Å². The second-order valence-corrected chi connectivity index (χ2v) is 8.92. The Labute approximate surface area is 170 Å². The van der Waals surface area contributed by atoms with Gasteiger partial charge in [-0.15, -0.1) is 0 Å². The van der Waals surface area contributed by atoms with Crippen molar-refractivity contribution in [2.24, 2.45) is 0 Å². The third-order valence-corrected chi connectivity index (χ3v) is 6.13. The van der Waals surface area contributed by atoms with Crippen LogP contribution in [0.1, 0.15) is 15.9 Å². The summed E-state index contributed by atoms with van der Waals surface area (Å²) in [7, 11) is -3.79. The van der Waals surface area contributed by atoms with Gasteiger partial charge < -0.3 is 10.1 Å². The summed E-state index contributed by atoms with van der Waals surface area (Å²) in [5.74, 6) is 0.511. The number of nitrogens with one attached hydrogen (secondary N) is 2. The lowest BCUT2D eigenvalue weighted by Gasteiger charge is -2.11. The van der Waals surface area contributed by atoms with Crippen molar-refractivity contribution in [1.82, 2.24) is 0 Å². The van der Waals surface area contributed by atoms with Crippen molar-refractivity contribution in [2.75, 3.05) is 10.0 Å². The van der Waals surface area contributed by atoms with Crippen molar-refractivity contribution in [3.05, 3.63) is 76.3 Å². The molecule has 8 heteroatoms. The summed E-state index contributed by atoms with van der Waals surface area (Å²) >= 11 is 3.28. The molecule has 0 saturated heterocycles. The van der Waals surface area contributed by atoms with Gasteiger partial charge in [0.1, 0.15) is 5.75 Å². The molecule has 0 atom stereocenters. The van der Waals surface area contributed by atoms with Gasteiger partial charge in [0.2, 0.25) is 0 Å². The zero-order valence-corrected chi connectivity index (χ0v) is 17.1. The molecule has 0 radical (unpaired) electrons. The maximum atomic E-state index is 12.6. The van der Waals surface area contributed by atoms with E-state index in [1.807, 2.05) is 19.1 Å². The highest BCUT2D eigenvalue weighted by atomic mass is 79.9. The Kier molecular flexibility index (Phi) is 4.60. The molecule has 28 heavy (non-hydrogen) atoms. The van der Waals surface area contributed by atoms with Crippen molar-refractivity contribution in [1.29, 1.82) is 0 Å². The minimum atomic E-state index is -3.79. The fourth-order valence-corrected chi connectivity index (χ4v) is 4.14. The Morgan fingerprint density at radius 3 is 2.43 bits per heavy atom. The largest absolute Gasteiger partial charge is 0.454 e. The minimum absolute atomic E-state index is 0.120. The average molecular weight is 459 g/mol. The summed E-state index contributed by atoms with van der Waals surface area (Å²) in [6, 6.07) is 16.3. The van der Waals surface area contributed by atoms with Gasteiger partial charge >= 0.3 is 0 Å². The van der Waals surface area contributed by atoms with Crippen LogP contribution < -0.4 is 14.8 Å². The summed E-state index contributed by atoms with van der Waals surface area (Å²) in [6.07, 6.45) is 0. The molecule has 1 aliphatic heterocycles. The number of carbonyl (C=O) groups excluding carboxylic acids is 1. The van der Waals surface area contributed by atoms with Crippen LogP contribution >= 0.6 is 15.9 Å². The Morgan fingerprint density at radius 2 is 1.68 bits per heavy atom. The highest BCUT2D eigenvalue weighted by Gasteiger charge is 2.22. The summed E-state index contributed by atoms with van der Waals surface area (Å²) < 4.78 is 34.3. The maximum Gasteiger partial charge on any atom is 0.261 e. The Balaban J connectivity index is 1.66. The number of anilines is 2. The first-order valence-corrected chi connectivity index (χ1v) is 10.6. The van der Waals surface area contributed by atoms with Crippen LogP contribution in [0.15, 0.2) is 70.0 Å². The number of benzene rings is 3. The number of amides is 1. The molecule has 0 unspecified atom stereocenters. The standard InChI is InChI=1S/C20H15BrN2O4S/c1-12-2-8-19-17(10-12)22-20(24)16-11-14(5-9-18(16)27-19)23-28(25,26)15-6-3-13(21)4-7-15/h2-11,23H,1H3,(H,22,24). The van der Waals surface area contributed by atoms with E-state index in [4.69, 9.17) is 4.74 Å². The van der Waals surface area contributed by atoms with Crippen LogP contribution in [0.2, 0.25) is 0 Å². The second kappa shape index (κ2) is 6.96. The molecule has 0 aromatic heterocycles. The molecular formula is C20H15BrN2O4S. The summed E-state index contributed by atoms with van der Waals surface area (Å²) in [5.41, 5.74) is 2.06. The Hall–Kier alpha value is -2.84. The van der Waals surface area contributed by atoms with Gasteiger partial charge in [0.15, 0.2) is 5.75 Å². The van der Waals surface area contributed by atoms with Crippen LogP contribution in [-0.2, 0) is 10.0 Å². The zero-order chi connectivity index (χ0) is 19.9. The van der Waals surface area contributed by atoms with Gasteiger partial charge in [0, 0.05) is 10.2 Å². The number of aryl methyl sites for hydroxylation is 1. The molecule has 142 valence electrons. The molecule has 0 saturated carbocycles. The topological polar surface area (TPSA) is 84.5 Å². The van der Waals surface area contributed by atoms with Crippen LogP contribution in [0.25, 0.3) is 0 Å². The monoisotopic (exact) mass is 458 g/mol. The number of hydrogen-bond donors (Lipinski definition) is 2. The smallest absolute Gasteiger partial charge is 0.261 e. The number of ether oxygens (including phenoxy) is 1. The quantitative estimate of drug-likeness (QED) is 0.583. The van der Waals surface area contributed by atoms with Crippen LogP contribution in [0, 0.1) is 6.92 Å². The number of hydrogen-bond acceptors (Lipinski definition) is 4. The van der Waals surface area contributed by atoms with Gasteiger partial charge in [0.05, 0.1) is 16.1 Å². The van der Waals surface area contributed by atoms with Crippen molar-refractivity contribution < 1.29 is 17.9 Å². The fraction of sp³-hybridized carbons (Fsp3) is 0.0500. The Bertz CT molecular complexity index is 1190. The highest BCUT2D eigenvalue weighted by Crippen LogP contribution is 2.37. The van der Waals surface area contributed by atoms with E-state index in [1.54, 1.807) is 30.3 Å². The van der Waals surface area contributed by atoms with E-state index in [9.17, 15) is 13.2 Å². The average Bonchev–Trinajstić information content (AvgIpc) is 2.77. The summed E-state index contributed by atoms with van der Waals surface area (Å²) in [6.45, 7) is 1.92. The molecule has 1 aliphatic rings. The molecule has 4 rings (SSSR count). The molecule has 0 aliphatic carbocycles. The SMILES string of the molecule is Cc1ccc2c(c1)NC(=O)c1cc(NS(=O)(=O)c3ccc(Br)cc3)ccc1O2. The second-order valence-electron chi connectivity index (χ2n) is 6.33. The number of fused-ring (bicyclic) bond motifs is 2. The first kappa shape index (κ1) is 18.5. The number of rotatable bonds is 3. The van der Waals surface area contributed by atoms with E-state index in [1.165, 1.54) is 18.2 Å². The van der Waals surface area contributed by atoms with E-state index in [0.29, 0.717) is 17.2 Å². The van der Waals surface area contributed by atoms with Crippen molar-refractivity contribution in [3.63, 3.8) is 0 Å². The molecule has 0 bridgehead atoms. The van der Waals surface area contributed by atoms with Crippen LogP contribution in [-0.4, -0.2) is 14.3 Å². The first-order valence-electron chi connectivity index (χ1n) is 8.34. The van der Waals surface area contributed by atoms with Gasteiger partial charge in [-0.3, -0.25) is 9.52 Å². The van der Waals surface area contributed by atoms with E-state index in [2.05, 4.69) is 26.0 Å². The molecule has 1 heterocycles. The predicted octanol–water partition coefficient (Wildman–Crippen LogP) is 4.92. The van der Waals surface area contributed by atoms with Crippen molar-refractivity contribution in [3.8, 4) is 11.5 Å². The zero-order valence-electron chi connectivity index (χ0n) is 14.7. The number of halogens is 1. The van der Waals surface area contributed by atoms with E-state index >= 15 is 0 Å². The lowest BCUT2D eigenvalue weighted by atomic mass is 10.1. The Morgan fingerprint density at radius 1 is 0.964 bits per heavy atom. The molecule has 3 aromatic rings. The third-order valence-electron chi connectivity index (χ3n) is 4.20. The van der Waals surface area contributed by atoms with Gasteiger partial charge in [-0.05, 0) is 67.1 Å². The van der Waals surface area contributed by atoms with Crippen LogP contribution in [0.5, 0.6) is 11.5 Å². The van der Waals surface area contributed by atoms with E-state index < -0.39 is 10.0 Å². The fourth-order valence-electron chi connectivity index (χ4n) is 2.83. The normalized spacial score (nSPS) is 12.9. The van der Waals surface area contributed by atoms with Gasteiger partial charge in [-0.1, -0.05) is 22.0 Å². The van der Waals surface area contributed by atoms with Crippen molar-refractivity contribution >= 4 is 43.2 Å². The van der Waals surface area contributed by atoms with E-state index in [0.717, 1.165) is 10.0 Å². The van der Waals surface area contributed by atoms with Gasteiger partial charge in [0.25, 0.3) is 15.9 Å². The number of sulfonamides is 1. The molecule has 0 spiro atoms. The van der Waals surface area contributed by atoms with E-state index in [-0.39, 0.29) is 22.1 Å². The van der Waals surface area contributed by atoms with Gasteiger partial charge in [-0.25, -0.2) is 8.42 Å². The maximum absolute atomic E-state index is 12.6. The molecule has 1 amide bonds. The molecule has 3 aromatic carbocycles. The predicted molar refractivity (Wildman–Crippen MR) is 111 cm³/mol. The first-order chi connectivity index (χ1) is 13.3. The summed E-state index contributed by atoms with van der Waals surface area (Å²) in [5, 5.41) is 2.80. The third kappa shape index (κ3) is 3.61. The number of carbonyl (C=O) groups is 1. The minimum Gasteiger partial charge on any atom is -0.454 e. The molecule has 6 nitrogen and oxygen atoms in total. The lowest BCUT2D eigenvalue weighted by molar-refractivity contribution is 0.102. The van der Waals surface area contributed by atoms with Crippen molar-refractivity contribution in [2.45, 2.75) is 11.8 Å². The van der Waals surface area contributed by atoms with Crippen LogP contribution in [0.4, 0.5) is 11.4 Å². The lowest BCUT2D eigenvalue weighted by Crippen LogP contribution is -2.14. The highest BCUT2D eigenvalue weighted by molar-refractivity contribution is 9.10. The molecular weight excluding hydrogens is 444 g/mol.